The number of rotatable bonds is 7. The molecular weight excluding hydrogens is 176 g/mol. The summed E-state index contributed by atoms with van der Waals surface area (Å²) in [6.45, 7) is 11.0. The molecule has 0 aromatic rings. The van der Waals surface area contributed by atoms with Crippen LogP contribution < -0.4 is 0 Å². The monoisotopic (exact) mass is 202 g/mol. The van der Waals surface area contributed by atoms with Gasteiger partial charge in [-0.1, -0.05) is 27.7 Å². The molecule has 0 rings (SSSR count). The summed E-state index contributed by atoms with van der Waals surface area (Å²) in [5, 5.41) is 9.77. The maximum absolute atomic E-state index is 9.77. The highest BCUT2D eigenvalue weighted by molar-refractivity contribution is 4.70. The zero-order valence-corrected chi connectivity index (χ0v) is 10.3. The molecule has 0 radical (unpaired) electrons. The largest absolute Gasteiger partial charge is 0.390 e. The maximum atomic E-state index is 9.77. The van der Waals surface area contributed by atoms with Crippen LogP contribution in [0.3, 0.4) is 0 Å². The van der Waals surface area contributed by atoms with Gasteiger partial charge in [0.05, 0.1) is 11.7 Å². The summed E-state index contributed by atoms with van der Waals surface area (Å²) < 4.78 is 5.73. The van der Waals surface area contributed by atoms with Crippen molar-refractivity contribution in [2.45, 2.75) is 65.6 Å². The lowest BCUT2D eigenvalue weighted by molar-refractivity contribution is -0.0274. The van der Waals surface area contributed by atoms with Crippen molar-refractivity contribution >= 4 is 0 Å². The predicted octanol–water partition coefficient (Wildman–Crippen LogP) is 2.99. The summed E-state index contributed by atoms with van der Waals surface area (Å²) >= 11 is 0. The summed E-state index contributed by atoms with van der Waals surface area (Å²) in [5.74, 6) is 0.562. The second kappa shape index (κ2) is 6.41. The molecule has 0 aromatic carbocycles. The van der Waals surface area contributed by atoms with Gasteiger partial charge in [-0.05, 0) is 32.1 Å². The van der Waals surface area contributed by atoms with E-state index in [1.165, 1.54) is 0 Å². The van der Waals surface area contributed by atoms with E-state index in [2.05, 4.69) is 20.8 Å². The Morgan fingerprint density at radius 2 is 1.86 bits per heavy atom. The van der Waals surface area contributed by atoms with Gasteiger partial charge >= 0.3 is 0 Å². The smallest absolute Gasteiger partial charge is 0.0639 e. The van der Waals surface area contributed by atoms with Crippen LogP contribution in [0.2, 0.25) is 0 Å². The van der Waals surface area contributed by atoms with Crippen LogP contribution in [0.5, 0.6) is 0 Å². The molecule has 0 amide bonds. The zero-order valence-electron chi connectivity index (χ0n) is 10.3. The molecule has 86 valence electrons. The molecule has 0 fully saturated rings. The Balaban J connectivity index is 3.71. The third-order valence-corrected chi connectivity index (χ3v) is 2.88. The van der Waals surface area contributed by atoms with Crippen LogP contribution in [-0.4, -0.2) is 23.4 Å². The number of hydrogen-bond acceptors (Lipinski definition) is 2. The predicted molar refractivity (Wildman–Crippen MR) is 60.4 cm³/mol. The SMILES string of the molecule is CCC(OCCC(C)(O)CC)C(C)C. The normalized spacial score (nSPS) is 18.2. The molecule has 1 N–H and O–H groups in total. The highest BCUT2D eigenvalue weighted by atomic mass is 16.5. The van der Waals surface area contributed by atoms with Crippen molar-refractivity contribution < 1.29 is 9.84 Å². The summed E-state index contributed by atoms with van der Waals surface area (Å²) in [6.07, 6.45) is 2.90. The standard InChI is InChI=1S/C12H26O2/c1-6-11(10(3)4)14-9-8-12(5,13)7-2/h10-11,13H,6-9H2,1-5H3. The van der Waals surface area contributed by atoms with Gasteiger partial charge in [0.25, 0.3) is 0 Å². The van der Waals surface area contributed by atoms with Gasteiger partial charge in [0.2, 0.25) is 0 Å². The van der Waals surface area contributed by atoms with Crippen LogP contribution in [0.15, 0.2) is 0 Å². The quantitative estimate of drug-likeness (QED) is 0.687. The number of aliphatic hydroxyl groups is 1. The van der Waals surface area contributed by atoms with Crippen LogP contribution >= 0.6 is 0 Å². The molecular formula is C12H26O2. The van der Waals surface area contributed by atoms with Gasteiger partial charge in [0.15, 0.2) is 0 Å². The van der Waals surface area contributed by atoms with E-state index in [-0.39, 0.29) is 0 Å². The van der Waals surface area contributed by atoms with Crippen molar-refractivity contribution in [2.75, 3.05) is 6.61 Å². The molecule has 0 saturated heterocycles. The van der Waals surface area contributed by atoms with E-state index in [1.807, 2.05) is 13.8 Å². The number of ether oxygens (including phenoxy) is 1. The van der Waals surface area contributed by atoms with E-state index in [0.29, 0.717) is 18.6 Å². The summed E-state index contributed by atoms with van der Waals surface area (Å²) in [5.41, 5.74) is -0.560. The van der Waals surface area contributed by atoms with Gasteiger partial charge in [0.1, 0.15) is 0 Å². The van der Waals surface area contributed by atoms with E-state index >= 15 is 0 Å². The number of hydrogen-bond donors (Lipinski definition) is 1. The highest BCUT2D eigenvalue weighted by Crippen LogP contribution is 2.16. The first kappa shape index (κ1) is 13.9. The minimum atomic E-state index is -0.560. The Kier molecular flexibility index (Phi) is 6.38. The Labute approximate surface area is 88.7 Å². The van der Waals surface area contributed by atoms with Gasteiger partial charge in [0, 0.05) is 6.61 Å². The molecule has 0 spiro atoms. The molecule has 0 aliphatic heterocycles. The molecule has 2 atom stereocenters. The summed E-state index contributed by atoms with van der Waals surface area (Å²) in [4.78, 5) is 0. The van der Waals surface area contributed by atoms with E-state index in [0.717, 1.165) is 19.3 Å². The third-order valence-electron chi connectivity index (χ3n) is 2.88. The lowest BCUT2D eigenvalue weighted by Gasteiger charge is -2.24. The molecule has 2 nitrogen and oxygen atoms in total. The second-order valence-electron chi connectivity index (χ2n) is 4.66. The lowest BCUT2D eigenvalue weighted by atomic mass is 10.00. The average Bonchev–Trinajstić information content (AvgIpc) is 2.12. The van der Waals surface area contributed by atoms with Crippen molar-refractivity contribution in [1.82, 2.24) is 0 Å². The molecule has 14 heavy (non-hydrogen) atoms. The van der Waals surface area contributed by atoms with E-state index < -0.39 is 5.60 Å². The first-order valence-electron chi connectivity index (χ1n) is 5.77. The fraction of sp³-hybridized carbons (Fsp3) is 1.00. The van der Waals surface area contributed by atoms with Crippen LogP contribution in [0.1, 0.15) is 53.9 Å². The van der Waals surface area contributed by atoms with Crippen molar-refractivity contribution in [2.24, 2.45) is 5.92 Å². The molecule has 2 heteroatoms. The average molecular weight is 202 g/mol. The topological polar surface area (TPSA) is 29.5 Å². The van der Waals surface area contributed by atoms with Gasteiger partial charge in [-0.15, -0.1) is 0 Å². The van der Waals surface area contributed by atoms with Crippen LogP contribution in [0.25, 0.3) is 0 Å². The molecule has 0 heterocycles. The van der Waals surface area contributed by atoms with Crippen molar-refractivity contribution in [3.05, 3.63) is 0 Å². The van der Waals surface area contributed by atoms with E-state index in [9.17, 15) is 5.11 Å². The molecule has 2 unspecified atom stereocenters. The van der Waals surface area contributed by atoms with Gasteiger partial charge < -0.3 is 9.84 Å². The molecule has 0 aliphatic rings. The van der Waals surface area contributed by atoms with Crippen molar-refractivity contribution in [3.8, 4) is 0 Å². The zero-order chi connectivity index (χ0) is 11.2. The Hall–Kier alpha value is -0.0800. The van der Waals surface area contributed by atoms with E-state index in [4.69, 9.17) is 4.74 Å². The second-order valence-corrected chi connectivity index (χ2v) is 4.66. The van der Waals surface area contributed by atoms with E-state index in [1.54, 1.807) is 0 Å². The van der Waals surface area contributed by atoms with Crippen LogP contribution in [-0.2, 0) is 4.74 Å². The van der Waals surface area contributed by atoms with Gasteiger partial charge in [-0.2, -0.15) is 0 Å². The lowest BCUT2D eigenvalue weighted by Crippen LogP contribution is -2.27. The van der Waals surface area contributed by atoms with Gasteiger partial charge in [-0.3, -0.25) is 0 Å². The summed E-state index contributed by atoms with van der Waals surface area (Å²) in [7, 11) is 0. The Morgan fingerprint density at radius 3 is 2.21 bits per heavy atom. The first-order valence-corrected chi connectivity index (χ1v) is 5.77. The molecule has 0 bridgehead atoms. The van der Waals surface area contributed by atoms with Crippen LogP contribution in [0.4, 0.5) is 0 Å². The fourth-order valence-electron chi connectivity index (χ4n) is 1.39. The minimum Gasteiger partial charge on any atom is -0.390 e. The first-order chi connectivity index (χ1) is 6.43. The van der Waals surface area contributed by atoms with Crippen LogP contribution in [0, 0.1) is 5.92 Å². The molecule has 0 saturated carbocycles. The minimum absolute atomic E-state index is 0.336. The fourth-order valence-corrected chi connectivity index (χ4v) is 1.39. The maximum Gasteiger partial charge on any atom is 0.0639 e. The Morgan fingerprint density at radius 1 is 1.29 bits per heavy atom. The molecule has 0 aromatic heterocycles. The van der Waals surface area contributed by atoms with Gasteiger partial charge in [-0.25, -0.2) is 0 Å². The Bertz CT molecular complexity index is 141. The molecule has 0 aliphatic carbocycles. The highest BCUT2D eigenvalue weighted by Gasteiger charge is 2.18. The third kappa shape index (κ3) is 5.61. The van der Waals surface area contributed by atoms with Crippen molar-refractivity contribution in [3.63, 3.8) is 0 Å². The summed E-state index contributed by atoms with van der Waals surface area (Å²) in [6, 6.07) is 0. The van der Waals surface area contributed by atoms with Crippen molar-refractivity contribution in [1.29, 1.82) is 0 Å².